The highest BCUT2D eigenvalue weighted by molar-refractivity contribution is 6.01. The molecule has 0 saturated carbocycles. The topological polar surface area (TPSA) is 66.1 Å². The summed E-state index contributed by atoms with van der Waals surface area (Å²) in [4.78, 5) is 4.22. The van der Waals surface area contributed by atoms with Gasteiger partial charge in [0.2, 0.25) is 0 Å². The van der Waals surface area contributed by atoms with Gasteiger partial charge >= 0.3 is 0 Å². The first-order valence-corrected chi connectivity index (χ1v) is 5.40. The van der Waals surface area contributed by atoms with Gasteiger partial charge < -0.3 is 19.9 Å². The number of methoxy groups -OCH3 is 2. The Hall–Kier alpha value is -1.59. The largest absolute Gasteiger partial charge is 0.494 e. The molecule has 0 aromatic heterocycles. The van der Waals surface area contributed by atoms with Crippen molar-refractivity contribution in [3.05, 3.63) is 29.3 Å². The van der Waals surface area contributed by atoms with Gasteiger partial charge in [-0.2, -0.15) is 0 Å². The molecule has 0 bridgehead atoms. The average Bonchev–Trinajstić information content (AvgIpc) is 2.63. The lowest BCUT2D eigenvalue weighted by Crippen LogP contribution is -2.26. The third-order valence-corrected chi connectivity index (χ3v) is 2.74. The Bertz CT molecular complexity index is 453. The van der Waals surface area contributed by atoms with Gasteiger partial charge in [0.05, 0.1) is 12.2 Å². The van der Waals surface area contributed by atoms with Gasteiger partial charge in [0, 0.05) is 19.8 Å². The average molecular weight is 236 g/mol. The molecule has 0 aliphatic carbocycles. The highest BCUT2D eigenvalue weighted by Gasteiger charge is 2.40. The maximum atomic E-state index is 5.85. The normalized spacial score (nSPS) is 16.5. The molecular formula is C12H16N2O3. The summed E-state index contributed by atoms with van der Waals surface area (Å²) in [6.45, 7) is 2.53. The van der Waals surface area contributed by atoms with Crippen molar-refractivity contribution in [2.45, 2.75) is 12.8 Å². The highest BCUT2D eigenvalue weighted by Crippen LogP contribution is 2.37. The zero-order valence-electron chi connectivity index (χ0n) is 10.2. The monoisotopic (exact) mass is 236 g/mol. The van der Waals surface area contributed by atoms with Crippen molar-refractivity contribution in [1.82, 2.24) is 0 Å². The minimum Gasteiger partial charge on any atom is -0.494 e. The van der Waals surface area contributed by atoms with E-state index in [0.29, 0.717) is 12.4 Å². The number of fused-ring (bicyclic) bond motifs is 1. The molecule has 1 aliphatic heterocycles. The number of nitrogens with two attached hydrogens (primary N) is 1. The lowest BCUT2D eigenvalue weighted by atomic mass is 10.1. The fourth-order valence-corrected chi connectivity index (χ4v) is 1.94. The first-order chi connectivity index (χ1) is 8.16. The van der Waals surface area contributed by atoms with Crippen LogP contribution >= 0.6 is 0 Å². The molecule has 2 rings (SSSR count). The van der Waals surface area contributed by atoms with E-state index in [1.165, 1.54) is 14.2 Å². The maximum absolute atomic E-state index is 5.85. The van der Waals surface area contributed by atoms with Crippen molar-refractivity contribution in [2.24, 2.45) is 10.7 Å². The van der Waals surface area contributed by atoms with E-state index in [-0.39, 0.29) is 0 Å². The van der Waals surface area contributed by atoms with Crippen LogP contribution in [0.4, 0.5) is 0 Å². The summed E-state index contributed by atoms with van der Waals surface area (Å²) in [5.41, 5.74) is 7.43. The van der Waals surface area contributed by atoms with E-state index < -0.39 is 5.91 Å². The molecule has 5 nitrogen and oxygen atoms in total. The van der Waals surface area contributed by atoms with Crippen LogP contribution in [0.1, 0.15) is 18.1 Å². The Morgan fingerprint density at radius 2 is 2.00 bits per heavy atom. The Morgan fingerprint density at radius 1 is 1.29 bits per heavy atom. The van der Waals surface area contributed by atoms with E-state index in [1.54, 1.807) is 0 Å². The lowest BCUT2D eigenvalue weighted by molar-refractivity contribution is -0.207. The maximum Gasteiger partial charge on any atom is 0.300 e. The van der Waals surface area contributed by atoms with Crippen LogP contribution < -0.4 is 10.5 Å². The minimum absolute atomic E-state index is 0.409. The van der Waals surface area contributed by atoms with Crippen molar-refractivity contribution in [3.63, 3.8) is 0 Å². The first kappa shape index (κ1) is 11.9. The number of amidine groups is 1. The van der Waals surface area contributed by atoms with E-state index in [4.69, 9.17) is 19.9 Å². The van der Waals surface area contributed by atoms with Crippen LogP contribution in [0.25, 0.3) is 0 Å². The molecule has 0 radical (unpaired) electrons. The molecule has 1 heterocycles. The van der Waals surface area contributed by atoms with Gasteiger partial charge in [0.1, 0.15) is 11.6 Å². The van der Waals surface area contributed by atoms with Crippen LogP contribution in [0.5, 0.6) is 5.75 Å². The van der Waals surface area contributed by atoms with Gasteiger partial charge in [-0.25, -0.2) is 4.99 Å². The summed E-state index contributed by atoms with van der Waals surface area (Å²) in [5.74, 6) is 0.00775. The summed E-state index contributed by atoms with van der Waals surface area (Å²) in [5, 5.41) is 0. The van der Waals surface area contributed by atoms with Gasteiger partial charge in [-0.3, -0.25) is 0 Å². The zero-order chi connectivity index (χ0) is 12.5. The number of aliphatic imine (C=N–C) groups is 1. The Balaban J connectivity index is 2.51. The van der Waals surface area contributed by atoms with Crippen LogP contribution in [0.2, 0.25) is 0 Å². The van der Waals surface area contributed by atoms with E-state index >= 15 is 0 Å². The fourth-order valence-electron chi connectivity index (χ4n) is 1.94. The summed E-state index contributed by atoms with van der Waals surface area (Å²) in [7, 11) is 3.06. The number of ether oxygens (including phenoxy) is 3. The van der Waals surface area contributed by atoms with E-state index in [1.807, 2.05) is 25.1 Å². The Morgan fingerprint density at radius 3 is 2.59 bits per heavy atom. The smallest absolute Gasteiger partial charge is 0.300 e. The molecular weight excluding hydrogens is 220 g/mol. The van der Waals surface area contributed by atoms with Crippen LogP contribution in [-0.4, -0.2) is 26.7 Å². The van der Waals surface area contributed by atoms with E-state index in [0.717, 1.165) is 16.9 Å². The van der Waals surface area contributed by atoms with Gasteiger partial charge in [-0.05, 0) is 25.1 Å². The third kappa shape index (κ3) is 1.77. The second-order valence-electron chi connectivity index (χ2n) is 3.63. The van der Waals surface area contributed by atoms with Gasteiger partial charge in [0.25, 0.3) is 5.91 Å². The van der Waals surface area contributed by atoms with Gasteiger partial charge in [-0.15, -0.1) is 0 Å². The number of benzene rings is 1. The molecule has 17 heavy (non-hydrogen) atoms. The molecule has 0 saturated heterocycles. The molecule has 1 aliphatic rings. The Kier molecular flexibility index (Phi) is 3.04. The summed E-state index contributed by atoms with van der Waals surface area (Å²) >= 11 is 0. The molecule has 0 atom stereocenters. The minimum atomic E-state index is -1.15. The lowest BCUT2D eigenvalue weighted by Gasteiger charge is -2.23. The van der Waals surface area contributed by atoms with Crippen molar-refractivity contribution < 1.29 is 14.2 Å². The van der Waals surface area contributed by atoms with Crippen molar-refractivity contribution in [1.29, 1.82) is 0 Å². The second-order valence-corrected chi connectivity index (χ2v) is 3.63. The van der Waals surface area contributed by atoms with Crippen LogP contribution in [-0.2, 0) is 15.4 Å². The first-order valence-electron chi connectivity index (χ1n) is 5.40. The quantitative estimate of drug-likeness (QED) is 0.798. The second kappa shape index (κ2) is 4.35. The zero-order valence-corrected chi connectivity index (χ0v) is 10.2. The molecule has 0 amide bonds. The molecule has 0 unspecified atom stereocenters. The summed E-state index contributed by atoms with van der Waals surface area (Å²) in [6, 6.07) is 5.56. The molecule has 0 fully saturated rings. The molecule has 1 aromatic carbocycles. The number of hydrogen-bond acceptors (Lipinski definition) is 5. The number of hydrogen-bond donors (Lipinski definition) is 1. The summed E-state index contributed by atoms with van der Waals surface area (Å²) in [6.07, 6.45) is 0. The molecule has 0 spiro atoms. The summed E-state index contributed by atoms with van der Waals surface area (Å²) < 4.78 is 16.1. The molecule has 2 N–H and O–H groups in total. The molecule has 1 aromatic rings. The highest BCUT2D eigenvalue weighted by atomic mass is 16.7. The molecule has 5 heteroatoms. The Labute approximate surface area is 100 Å². The van der Waals surface area contributed by atoms with Crippen LogP contribution in [0.15, 0.2) is 23.2 Å². The predicted molar refractivity (Wildman–Crippen MR) is 64.0 cm³/mol. The van der Waals surface area contributed by atoms with Crippen molar-refractivity contribution in [3.8, 4) is 5.75 Å². The van der Waals surface area contributed by atoms with E-state index in [9.17, 15) is 0 Å². The van der Waals surface area contributed by atoms with Crippen LogP contribution in [0.3, 0.4) is 0 Å². The van der Waals surface area contributed by atoms with Crippen LogP contribution in [0, 0.1) is 0 Å². The van der Waals surface area contributed by atoms with Gasteiger partial charge in [0.15, 0.2) is 0 Å². The predicted octanol–water partition coefficient (Wildman–Crippen LogP) is 1.21. The number of nitrogens with zero attached hydrogens (tertiary/aromatic N) is 1. The SMILES string of the molecule is CCOc1ccc2c(c1)C(OC)(OC)N=C2N. The standard InChI is InChI=1S/C12H16N2O3/c1-4-17-8-5-6-9-10(7-8)12(15-2,16-3)14-11(9)13/h5-7H,4H2,1-3H3,(H2,13,14). The number of rotatable bonds is 4. The van der Waals surface area contributed by atoms with Gasteiger partial charge in [-0.1, -0.05) is 0 Å². The van der Waals surface area contributed by atoms with Crippen molar-refractivity contribution >= 4 is 5.84 Å². The molecule has 92 valence electrons. The van der Waals surface area contributed by atoms with E-state index in [2.05, 4.69) is 4.99 Å². The fraction of sp³-hybridized carbons (Fsp3) is 0.417. The van der Waals surface area contributed by atoms with Crippen molar-refractivity contribution in [2.75, 3.05) is 20.8 Å². The third-order valence-electron chi connectivity index (χ3n) is 2.74.